The zero-order valence-corrected chi connectivity index (χ0v) is 10.5. The maximum absolute atomic E-state index is 11.9. The summed E-state index contributed by atoms with van der Waals surface area (Å²) < 4.78 is 0. The van der Waals surface area contributed by atoms with Crippen molar-refractivity contribution >= 4 is 11.8 Å². The van der Waals surface area contributed by atoms with Gasteiger partial charge in [0.25, 0.3) is 0 Å². The Bertz CT molecular complexity index is 656. The van der Waals surface area contributed by atoms with Gasteiger partial charge >= 0.3 is 5.97 Å². The standard InChI is InChI=1S/C15H13NO4/c17-12(9-13(18)15(19)20)14-11(6-7-16-14)8-10-4-2-1-3-5-10/h1-7,9,16,18H,8H2,(H,19,20). The van der Waals surface area contributed by atoms with Gasteiger partial charge in [0.2, 0.25) is 11.5 Å². The molecule has 0 aliphatic carbocycles. The largest absolute Gasteiger partial charge is 0.502 e. The molecular formula is C15H13NO4. The molecule has 0 aliphatic heterocycles. The number of carbonyl (C=O) groups is 2. The van der Waals surface area contributed by atoms with E-state index in [1.54, 1.807) is 12.3 Å². The number of hydrogen-bond donors (Lipinski definition) is 3. The number of benzene rings is 1. The Morgan fingerprint density at radius 2 is 1.80 bits per heavy atom. The third-order valence-electron chi connectivity index (χ3n) is 2.80. The molecular weight excluding hydrogens is 258 g/mol. The van der Waals surface area contributed by atoms with Crippen molar-refractivity contribution in [2.45, 2.75) is 6.42 Å². The lowest BCUT2D eigenvalue weighted by Gasteiger charge is -2.02. The Hall–Kier alpha value is -2.82. The number of ketones is 1. The van der Waals surface area contributed by atoms with E-state index in [9.17, 15) is 9.59 Å². The molecule has 1 heterocycles. The van der Waals surface area contributed by atoms with Crippen molar-refractivity contribution in [1.82, 2.24) is 4.98 Å². The zero-order valence-electron chi connectivity index (χ0n) is 10.5. The van der Waals surface area contributed by atoms with E-state index in [0.717, 1.165) is 11.1 Å². The number of carboxylic acids is 1. The molecule has 5 nitrogen and oxygen atoms in total. The number of aliphatic hydroxyl groups is 1. The highest BCUT2D eigenvalue weighted by Gasteiger charge is 2.14. The summed E-state index contributed by atoms with van der Waals surface area (Å²) in [4.78, 5) is 25.2. The number of carbonyl (C=O) groups excluding carboxylic acids is 1. The first-order chi connectivity index (χ1) is 9.58. The highest BCUT2D eigenvalue weighted by molar-refractivity contribution is 6.07. The maximum Gasteiger partial charge on any atom is 0.371 e. The van der Waals surface area contributed by atoms with Crippen molar-refractivity contribution in [2.24, 2.45) is 0 Å². The highest BCUT2D eigenvalue weighted by atomic mass is 16.4. The predicted octanol–water partition coefficient (Wildman–Crippen LogP) is 2.31. The molecule has 2 aromatic rings. The quantitative estimate of drug-likeness (QED) is 0.442. The van der Waals surface area contributed by atoms with Crippen LogP contribution in [-0.4, -0.2) is 26.9 Å². The normalized spacial score (nSPS) is 11.3. The fraction of sp³-hybridized carbons (Fsp3) is 0.0667. The predicted molar refractivity (Wildman–Crippen MR) is 72.7 cm³/mol. The van der Waals surface area contributed by atoms with Crippen LogP contribution in [0.3, 0.4) is 0 Å². The summed E-state index contributed by atoms with van der Waals surface area (Å²) in [5, 5.41) is 17.7. The molecule has 0 fully saturated rings. The molecule has 3 N–H and O–H groups in total. The number of aliphatic hydroxyl groups excluding tert-OH is 1. The first-order valence-electron chi connectivity index (χ1n) is 5.96. The van der Waals surface area contributed by atoms with E-state index in [0.29, 0.717) is 12.5 Å². The van der Waals surface area contributed by atoms with Gasteiger partial charge in [0.05, 0.1) is 5.69 Å². The highest BCUT2D eigenvalue weighted by Crippen LogP contribution is 2.14. The summed E-state index contributed by atoms with van der Waals surface area (Å²) >= 11 is 0. The Morgan fingerprint density at radius 3 is 2.45 bits per heavy atom. The number of allylic oxidation sites excluding steroid dienone is 1. The minimum absolute atomic E-state index is 0.279. The zero-order chi connectivity index (χ0) is 14.5. The van der Waals surface area contributed by atoms with Gasteiger partial charge < -0.3 is 15.2 Å². The molecule has 1 aromatic carbocycles. The van der Waals surface area contributed by atoms with Crippen molar-refractivity contribution in [3.8, 4) is 0 Å². The fourth-order valence-electron chi connectivity index (χ4n) is 1.85. The third-order valence-corrected chi connectivity index (χ3v) is 2.80. The lowest BCUT2D eigenvalue weighted by molar-refractivity contribution is -0.135. The molecule has 5 heteroatoms. The van der Waals surface area contributed by atoms with Gasteiger partial charge in [-0.25, -0.2) is 4.79 Å². The Morgan fingerprint density at radius 1 is 1.10 bits per heavy atom. The molecule has 0 aliphatic rings. The van der Waals surface area contributed by atoms with Crippen LogP contribution in [0.1, 0.15) is 21.6 Å². The van der Waals surface area contributed by atoms with E-state index in [-0.39, 0.29) is 5.69 Å². The van der Waals surface area contributed by atoms with Gasteiger partial charge in [-0.05, 0) is 23.6 Å². The molecule has 0 amide bonds. The number of aromatic amines is 1. The van der Waals surface area contributed by atoms with Crippen LogP contribution in [0.5, 0.6) is 0 Å². The SMILES string of the molecule is O=C(O)C(O)=CC(=O)c1[nH]ccc1Cc1ccccc1. The minimum atomic E-state index is -1.53. The second kappa shape index (κ2) is 5.88. The lowest BCUT2D eigenvalue weighted by Crippen LogP contribution is -2.06. The molecule has 0 atom stereocenters. The number of hydrogen-bond acceptors (Lipinski definition) is 3. The maximum atomic E-state index is 11.9. The van der Waals surface area contributed by atoms with E-state index in [1.807, 2.05) is 30.3 Å². The second-order valence-electron chi connectivity index (χ2n) is 4.24. The van der Waals surface area contributed by atoms with E-state index in [2.05, 4.69) is 4.98 Å². The summed E-state index contributed by atoms with van der Waals surface area (Å²) in [6.07, 6.45) is 2.85. The third kappa shape index (κ3) is 3.14. The molecule has 0 saturated heterocycles. The molecule has 1 aromatic heterocycles. The summed E-state index contributed by atoms with van der Waals surface area (Å²) in [6, 6.07) is 11.3. The van der Waals surface area contributed by atoms with Crippen molar-refractivity contribution in [1.29, 1.82) is 0 Å². The van der Waals surface area contributed by atoms with Gasteiger partial charge in [-0.2, -0.15) is 0 Å². The Labute approximate surface area is 115 Å². The number of carboxylic acid groups (broad SMARTS) is 1. The van der Waals surface area contributed by atoms with E-state index >= 15 is 0 Å². The molecule has 0 saturated carbocycles. The summed E-state index contributed by atoms with van der Waals surface area (Å²) in [7, 11) is 0. The van der Waals surface area contributed by atoms with Crippen LogP contribution in [-0.2, 0) is 11.2 Å². The molecule has 0 unspecified atom stereocenters. The topological polar surface area (TPSA) is 90.4 Å². The molecule has 0 bridgehead atoms. The van der Waals surface area contributed by atoms with Crippen LogP contribution in [0.4, 0.5) is 0 Å². The van der Waals surface area contributed by atoms with Crippen LogP contribution < -0.4 is 0 Å². The first kappa shape index (κ1) is 13.6. The van der Waals surface area contributed by atoms with Crippen molar-refractivity contribution in [3.63, 3.8) is 0 Å². The van der Waals surface area contributed by atoms with Gasteiger partial charge in [-0.1, -0.05) is 30.3 Å². The fourth-order valence-corrected chi connectivity index (χ4v) is 1.85. The molecule has 0 radical (unpaired) electrons. The van der Waals surface area contributed by atoms with Crippen LogP contribution in [0.15, 0.2) is 54.4 Å². The van der Waals surface area contributed by atoms with Crippen LogP contribution in [0.25, 0.3) is 0 Å². The number of H-pyrrole nitrogens is 1. The summed E-state index contributed by atoms with van der Waals surface area (Å²) in [5.74, 6) is -3.08. The second-order valence-corrected chi connectivity index (χ2v) is 4.24. The molecule has 102 valence electrons. The lowest BCUT2D eigenvalue weighted by atomic mass is 10.0. The van der Waals surface area contributed by atoms with Gasteiger partial charge in [-0.3, -0.25) is 4.79 Å². The van der Waals surface area contributed by atoms with E-state index in [1.165, 1.54) is 0 Å². The van der Waals surface area contributed by atoms with E-state index in [4.69, 9.17) is 10.2 Å². The average Bonchev–Trinajstić information content (AvgIpc) is 2.88. The van der Waals surface area contributed by atoms with E-state index < -0.39 is 17.5 Å². The number of aromatic nitrogens is 1. The van der Waals surface area contributed by atoms with Gasteiger partial charge in [0, 0.05) is 12.3 Å². The monoisotopic (exact) mass is 271 g/mol. The first-order valence-corrected chi connectivity index (χ1v) is 5.96. The molecule has 2 rings (SSSR count). The van der Waals surface area contributed by atoms with Gasteiger partial charge in [0.1, 0.15) is 0 Å². The molecule has 0 spiro atoms. The number of aliphatic carboxylic acids is 1. The van der Waals surface area contributed by atoms with Crippen molar-refractivity contribution < 1.29 is 19.8 Å². The minimum Gasteiger partial charge on any atom is -0.502 e. The smallest absolute Gasteiger partial charge is 0.371 e. The van der Waals surface area contributed by atoms with Gasteiger partial charge in [0.15, 0.2) is 0 Å². The van der Waals surface area contributed by atoms with Crippen LogP contribution in [0.2, 0.25) is 0 Å². The number of nitrogens with one attached hydrogen (secondary N) is 1. The van der Waals surface area contributed by atoms with Crippen LogP contribution >= 0.6 is 0 Å². The molecule has 20 heavy (non-hydrogen) atoms. The average molecular weight is 271 g/mol. The van der Waals surface area contributed by atoms with Gasteiger partial charge in [-0.15, -0.1) is 0 Å². The Balaban J connectivity index is 2.23. The number of rotatable bonds is 5. The summed E-state index contributed by atoms with van der Waals surface area (Å²) in [6.45, 7) is 0. The van der Waals surface area contributed by atoms with Crippen molar-refractivity contribution in [2.75, 3.05) is 0 Å². The van der Waals surface area contributed by atoms with Crippen LogP contribution in [0, 0.1) is 0 Å². The Kier molecular flexibility index (Phi) is 4.00. The summed E-state index contributed by atoms with van der Waals surface area (Å²) in [5.41, 5.74) is 2.06. The van der Waals surface area contributed by atoms with Crippen molar-refractivity contribution in [3.05, 3.63) is 71.3 Å².